The van der Waals surface area contributed by atoms with Gasteiger partial charge in [-0.15, -0.1) is 0 Å². The molecule has 0 saturated carbocycles. The molecule has 0 atom stereocenters. The van der Waals surface area contributed by atoms with Crippen molar-refractivity contribution in [3.8, 4) is 5.88 Å². The van der Waals surface area contributed by atoms with Crippen LogP contribution in [-0.2, 0) is 10.0 Å². The van der Waals surface area contributed by atoms with Gasteiger partial charge in [0, 0.05) is 13.1 Å². The number of halogens is 3. The van der Waals surface area contributed by atoms with E-state index in [1.54, 1.807) is 4.90 Å². The Morgan fingerprint density at radius 3 is 2.58 bits per heavy atom. The third-order valence-electron chi connectivity index (χ3n) is 3.60. The lowest BCUT2D eigenvalue weighted by Crippen LogP contribution is -2.51. The standard InChI is InChI=1S/C14H13Cl3N4O4S/c1-25-14-12(18-11(17)13(19-14)21-5-7(22)6-21)20-26(23,24)9-4-2-3-8(15)10(9)16/h2-4,7,22H,5-6H2,1H3,(H,18,20). The van der Waals surface area contributed by atoms with E-state index in [0.29, 0.717) is 13.1 Å². The first-order valence-corrected chi connectivity index (χ1v) is 9.86. The minimum atomic E-state index is -4.11. The summed E-state index contributed by atoms with van der Waals surface area (Å²) in [6.07, 6.45) is -0.470. The van der Waals surface area contributed by atoms with Crippen molar-refractivity contribution < 1.29 is 18.3 Å². The molecule has 3 rings (SSSR count). The molecule has 1 aromatic heterocycles. The van der Waals surface area contributed by atoms with Gasteiger partial charge in [0.05, 0.1) is 23.3 Å². The van der Waals surface area contributed by atoms with Gasteiger partial charge < -0.3 is 14.7 Å². The van der Waals surface area contributed by atoms with Crippen molar-refractivity contribution in [3.63, 3.8) is 0 Å². The van der Waals surface area contributed by atoms with E-state index in [2.05, 4.69) is 14.7 Å². The molecule has 0 spiro atoms. The summed E-state index contributed by atoms with van der Waals surface area (Å²) >= 11 is 18.0. The number of sulfonamides is 1. The van der Waals surface area contributed by atoms with Crippen molar-refractivity contribution in [2.24, 2.45) is 0 Å². The maximum atomic E-state index is 12.6. The van der Waals surface area contributed by atoms with Crippen LogP contribution in [0.3, 0.4) is 0 Å². The number of anilines is 2. The summed E-state index contributed by atoms with van der Waals surface area (Å²) in [6.45, 7) is 0.696. The molecular weight excluding hydrogens is 427 g/mol. The van der Waals surface area contributed by atoms with Gasteiger partial charge in [0.25, 0.3) is 15.9 Å². The second-order valence-electron chi connectivity index (χ2n) is 5.41. The Morgan fingerprint density at radius 1 is 1.27 bits per heavy atom. The van der Waals surface area contributed by atoms with Gasteiger partial charge in [0.2, 0.25) is 5.82 Å². The molecular formula is C14H13Cl3N4O4S. The van der Waals surface area contributed by atoms with Crippen LogP contribution in [0.25, 0.3) is 0 Å². The van der Waals surface area contributed by atoms with Gasteiger partial charge in [-0.25, -0.2) is 13.4 Å². The third kappa shape index (κ3) is 3.63. The molecule has 8 nitrogen and oxygen atoms in total. The van der Waals surface area contributed by atoms with Crippen molar-refractivity contribution in [2.45, 2.75) is 11.0 Å². The highest BCUT2D eigenvalue weighted by Gasteiger charge is 2.30. The predicted octanol–water partition coefficient (Wildman–Crippen LogP) is 2.43. The highest BCUT2D eigenvalue weighted by molar-refractivity contribution is 7.92. The molecule has 0 amide bonds. The lowest BCUT2D eigenvalue weighted by Gasteiger charge is -2.37. The minimum absolute atomic E-state index is 0.0346. The molecule has 0 radical (unpaired) electrons. The summed E-state index contributed by atoms with van der Waals surface area (Å²) < 4.78 is 32.6. The second-order valence-corrected chi connectivity index (χ2v) is 8.21. The zero-order valence-electron chi connectivity index (χ0n) is 13.3. The number of rotatable bonds is 5. The summed E-state index contributed by atoms with van der Waals surface area (Å²) in [5, 5.41) is 9.34. The number of aliphatic hydroxyl groups excluding tert-OH is 1. The van der Waals surface area contributed by atoms with Crippen molar-refractivity contribution in [3.05, 3.63) is 33.4 Å². The molecule has 12 heteroatoms. The number of aliphatic hydroxyl groups is 1. The van der Waals surface area contributed by atoms with Gasteiger partial charge in [-0.3, -0.25) is 4.72 Å². The van der Waals surface area contributed by atoms with Crippen LogP contribution in [0.1, 0.15) is 0 Å². The van der Waals surface area contributed by atoms with Crippen LogP contribution < -0.4 is 14.4 Å². The lowest BCUT2D eigenvalue weighted by molar-refractivity contribution is 0.141. The van der Waals surface area contributed by atoms with Crippen LogP contribution in [0.5, 0.6) is 5.88 Å². The highest BCUT2D eigenvalue weighted by Crippen LogP contribution is 2.34. The Bertz CT molecular complexity index is 951. The fraction of sp³-hybridized carbons (Fsp3) is 0.286. The average molecular weight is 440 g/mol. The number of methoxy groups -OCH3 is 1. The quantitative estimate of drug-likeness (QED) is 0.737. The SMILES string of the molecule is COc1nc(N2CC(O)C2)c(Cl)nc1NS(=O)(=O)c1cccc(Cl)c1Cl. The smallest absolute Gasteiger partial charge is 0.264 e. The fourth-order valence-electron chi connectivity index (χ4n) is 2.30. The monoisotopic (exact) mass is 438 g/mol. The van der Waals surface area contributed by atoms with Crippen LogP contribution in [-0.4, -0.2) is 49.8 Å². The summed E-state index contributed by atoms with van der Waals surface area (Å²) in [5.74, 6) is 0.0171. The van der Waals surface area contributed by atoms with Gasteiger partial charge in [0.15, 0.2) is 11.0 Å². The molecule has 2 heterocycles. The zero-order chi connectivity index (χ0) is 19.1. The molecule has 1 fully saturated rings. The molecule has 0 aliphatic carbocycles. The molecule has 1 saturated heterocycles. The van der Waals surface area contributed by atoms with Gasteiger partial charge in [-0.1, -0.05) is 40.9 Å². The number of nitrogens with zero attached hydrogens (tertiary/aromatic N) is 3. The van der Waals surface area contributed by atoms with E-state index >= 15 is 0 Å². The van der Waals surface area contributed by atoms with Crippen molar-refractivity contribution in [1.29, 1.82) is 0 Å². The number of β-amino-alcohol motifs (C(OH)–C–C–N with tert-alkyl or cyclic N) is 1. The molecule has 0 bridgehead atoms. The number of aromatic nitrogens is 2. The number of nitrogens with one attached hydrogen (secondary N) is 1. The van der Waals surface area contributed by atoms with Gasteiger partial charge in [-0.05, 0) is 12.1 Å². The van der Waals surface area contributed by atoms with E-state index in [4.69, 9.17) is 39.5 Å². The maximum absolute atomic E-state index is 12.6. The number of hydrogen-bond donors (Lipinski definition) is 2. The average Bonchev–Trinajstić information content (AvgIpc) is 2.54. The summed E-state index contributed by atoms with van der Waals surface area (Å²) in [7, 11) is -2.79. The number of ether oxygens (including phenoxy) is 1. The first kappa shape index (κ1) is 19.2. The van der Waals surface area contributed by atoms with Crippen molar-refractivity contribution in [1.82, 2.24) is 9.97 Å². The molecule has 1 aliphatic rings. The molecule has 2 aromatic rings. The Kier molecular flexibility index (Phi) is 5.36. The van der Waals surface area contributed by atoms with E-state index in [0.717, 1.165) is 0 Å². The first-order valence-electron chi connectivity index (χ1n) is 7.24. The first-order chi connectivity index (χ1) is 12.2. The van der Waals surface area contributed by atoms with Crippen LogP contribution in [0.2, 0.25) is 15.2 Å². The second kappa shape index (κ2) is 7.24. The zero-order valence-corrected chi connectivity index (χ0v) is 16.4. The highest BCUT2D eigenvalue weighted by atomic mass is 35.5. The summed E-state index contributed by atoms with van der Waals surface area (Å²) in [6, 6.07) is 4.22. The van der Waals surface area contributed by atoms with Gasteiger partial charge in [-0.2, -0.15) is 4.98 Å². The Balaban J connectivity index is 1.96. The summed E-state index contributed by atoms with van der Waals surface area (Å²) in [4.78, 5) is 9.67. The van der Waals surface area contributed by atoms with E-state index in [-0.39, 0.29) is 37.6 Å². The largest absolute Gasteiger partial charge is 0.478 e. The van der Waals surface area contributed by atoms with E-state index < -0.39 is 16.1 Å². The molecule has 140 valence electrons. The van der Waals surface area contributed by atoms with Gasteiger partial charge in [0.1, 0.15) is 4.90 Å². The lowest BCUT2D eigenvalue weighted by atomic mass is 10.2. The fourth-order valence-corrected chi connectivity index (χ4v) is 4.31. The third-order valence-corrected chi connectivity index (χ3v) is 6.16. The molecule has 2 N–H and O–H groups in total. The topological polar surface area (TPSA) is 105 Å². The number of benzene rings is 1. The normalized spacial score (nSPS) is 14.9. The van der Waals surface area contributed by atoms with Crippen LogP contribution >= 0.6 is 34.8 Å². The van der Waals surface area contributed by atoms with E-state index in [1.165, 1.54) is 25.3 Å². The molecule has 1 aliphatic heterocycles. The van der Waals surface area contributed by atoms with Crippen molar-refractivity contribution >= 4 is 56.5 Å². The van der Waals surface area contributed by atoms with Crippen LogP contribution in [0, 0.1) is 0 Å². The van der Waals surface area contributed by atoms with Crippen LogP contribution in [0.4, 0.5) is 11.6 Å². The summed E-state index contributed by atoms with van der Waals surface area (Å²) in [5.41, 5.74) is 0. The molecule has 0 unspecified atom stereocenters. The molecule has 1 aromatic carbocycles. The Labute approximate surface area is 164 Å². The Morgan fingerprint density at radius 2 is 1.96 bits per heavy atom. The maximum Gasteiger partial charge on any atom is 0.264 e. The van der Waals surface area contributed by atoms with Crippen LogP contribution in [0.15, 0.2) is 23.1 Å². The number of hydrogen-bond acceptors (Lipinski definition) is 7. The predicted molar refractivity (Wildman–Crippen MR) is 99.1 cm³/mol. The Hall–Kier alpha value is -1.52. The van der Waals surface area contributed by atoms with Gasteiger partial charge >= 0.3 is 0 Å². The van der Waals surface area contributed by atoms with E-state index in [1.807, 2.05) is 0 Å². The molecule has 26 heavy (non-hydrogen) atoms. The van der Waals surface area contributed by atoms with E-state index in [9.17, 15) is 13.5 Å². The minimum Gasteiger partial charge on any atom is -0.478 e. The van der Waals surface area contributed by atoms with Crippen molar-refractivity contribution in [2.75, 3.05) is 29.8 Å².